The van der Waals surface area contributed by atoms with Crippen LogP contribution in [0.5, 0.6) is 0 Å². The number of non-ortho nitro benzene ring substituents is 1. The Hall–Kier alpha value is -2.44. The van der Waals surface area contributed by atoms with Gasteiger partial charge in [0.1, 0.15) is 0 Å². The number of nitro benzene ring substituents is 1. The van der Waals surface area contributed by atoms with E-state index in [0.29, 0.717) is 19.6 Å². The van der Waals surface area contributed by atoms with Crippen LogP contribution < -0.4 is 10.2 Å². The Morgan fingerprint density at radius 3 is 2.78 bits per heavy atom. The molecule has 2 aromatic carbocycles. The first-order chi connectivity index (χ1) is 11.1. The second kappa shape index (κ2) is 6.36. The molecule has 3 rings (SSSR count). The number of hydrogen-bond acceptors (Lipinski definition) is 4. The zero-order valence-corrected chi connectivity index (χ0v) is 12.9. The minimum atomic E-state index is -0.536. The predicted molar refractivity (Wildman–Crippen MR) is 87.9 cm³/mol. The van der Waals surface area contributed by atoms with E-state index in [1.807, 2.05) is 24.3 Å². The third-order valence-electron chi connectivity index (χ3n) is 3.75. The molecule has 7 heteroatoms. The van der Waals surface area contributed by atoms with Crippen LogP contribution in [0.3, 0.4) is 0 Å². The van der Waals surface area contributed by atoms with Crippen molar-refractivity contribution in [1.29, 1.82) is 0 Å². The lowest BCUT2D eigenvalue weighted by atomic mass is 10.1. The fourth-order valence-electron chi connectivity index (χ4n) is 2.61. The van der Waals surface area contributed by atoms with E-state index in [-0.39, 0.29) is 22.2 Å². The van der Waals surface area contributed by atoms with Crippen molar-refractivity contribution in [2.24, 2.45) is 0 Å². The number of amides is 1. The molecule has 23 heavy (non-hydrogen) atoms. The van der Waals surface area contributed by atoms with E-state index < -0.39 is 4.92 Å². The van der Waals surface area contributed by atoms with Crippen molar-refractivity contribution in [3.8, 4) is 0 Å². The molecule has 0 aliphatic carbocycles. The molecule has 1 amide bonds. The summed E-state index contributed by atoms with van der Waals surface area (Å²) in [5, 5.41) is 14.1. The summed E-state index contributed by atoms with van der Waals surface area (Å²) in [6, 6.07) is 11.6. The fraction of sp³-hybridized carbons (Fsp3) is 0.188. The summed E-state index contributed by atoms with van der Waals surface area (Å²) in [6.07, 6.45) is 0. The van der Waals surface area contributed by atoms with Crippen molar-refractivity contribution in [3.63, 3.8) is 0 Å². The predicted octanol–water partition coefficient (Wildman–Crippen LogP) is 3.00. The second-order valence-electron chi connectivity index (χ2n) is 5.18. The molecule has 118 valence electrons. The van der Waals surface area contributed by atoms with Crippen molar-refractivity contribution in [2.45, 2.75) is 6.54 Å². The number of fused-ring (bicyclic) bond motifs is 1. The molecule has 0 aromatic heterocycles. The Labute approximate surface area is 137 Å². The van der Waals surface area contributed by atoms with Crippen molar-refractivity contribution in [2.75, 3.05) is 18.0 Å². The van der Waals surface area contributed by atoms with E-state index >= 15 is 0 Å². The smallest absolute Gasteiger partial charge is 0.270 e. The number of nitrogens with one attached hydrogen (secondary N) is 1. The highest BCUT2D eigenvalue weighted by Gasteiger charge is 2.24. The Kier molecular flexibility index (Phi) is 4.27. The molecule has 6 nitrogen and oxygen atoms in total. The first-order valence-corrected chi connectivity index (χ1v) is 7.50. The highest BCUT2D eigenvalue weighted by Crippen LogP contribution is 2.28. The van der Waals surface area contributed by atoms with Gasteiger partial charge in [0, 0.05) is 37.5 Å². The standard InChI is InChI=1S/C16H14ClN3O3/c17-14-9-12(20(22)23)5-6-13(14)16(21)19-8-7-18-10-11-3-1-2-4-15(11)19/h1-6,9,18H,7-8,10H2. The molecule has 1 heterocycles. The summed E-state index contributed by atoms with van der Waals surface area (Å²) in [7, 11) is 0. The van der Waals surface area contributed by atoms with Gasteiger partial charge < -0.3 is 10.2 Å². The number of nitrogens with zero attached hydrogens (tertiary/aromatic N) is 2. The third-order valence-corrected chi connectivity index (χ3v) is 4.06. The zero-order valence-electron chi connectivity index (χ0n) is 12.2. The normalized spacial score (nSPS) is 14.0. The quantitative estimate of drug-likeness (QED) is 0.678. The van der Waals surface area contributed by atoms with Crippen molar-refractivity contribution in [1.82, 2.24) is 5.32 Å². The minimum Gasteiger partial charge on any atom is -0.311 e. The molecule has 0 atom stereocenters. The molecule has 0 saturated heterocycles. The molecule has 2 aromatic rings. The van der Waals surface area contributed by atoms with Gasteiger partial charge in [0.2, 0.25) is 0 Å². The largest absolute Gasteiger partial charge is 0.311 e. The summed E-state index contributed by atoms with van der Waals surface area (Å²) < 4.78 is 0. The maximum atomic E-state index is 12.9. The second-order valence-corrected chi connectivity index (χ2v) is 5.59. The van der Waals surface area contributed by atoms with Crippen LogP contribution in [0.15, 0.2) is 42.5 Å². The summed E-state index contributed by atoms with van der Waals surface area (Å²) in [5.41, 5.74) is 1.98. The van der Waals surface area contributed by atoms with E-state index in [0.717, 1.165) is 11.3 Å². The van der Waals surface area contributed by atoms with Crippen molar-refractivity contribution in [3.05, 3.63) is 68.7 Å². The Balaban J connectivity index is 1.99. The Morgan fingerprint density at radius 2 is 2.04 bits per heavy atom. The van der Waals surface area contributed by atoms with Crippen LogP contribution >= 0.6 is 11.6 Å². The van der Waals surface area contributed by atoms with Gasteiger partial charge in [-0.2, -0.15) is 0 Å². The van der Waals surface area contributed by atoms with Crippen molar-refractivity contribution < 1.29 is 9.72 Å². The van der Waals surface area contributed by atoms with E-state index in [1.165, 1.54) is 18.2 Å². The highest BCUT2D eigenvalue weighted by atomic mass is 35.5. The van der Waals surface area contributed by atoms with Gasteiger partial charge in [-0.15, -0.1) is 0 Å². The number of carbonyl (C=O) groups is 1. The summed E-state index contributed by atoms with van der Waals surface area (Å²) in [5.74, 6) is -0.263. The molecular formula is C16H14ClN3O3. The van der Waals surface area contributed by atoms with Crippen LogP contribution in [0.4, 0.5) is 11.4 Å². The lowest BCUT2D eigenvalue weighted by molar-refractivity contribution is -0.384. The summed E-state index contributed by atoms with van der Waals surface area (Å²) in [4.78, 5) is 24.8. The monoisotopic (exact) mass is 331 g/mol. The SMILES string of the molecule is O=C(c1ccc([N+](=O)[O-])cc1Cl)N1CCNCc2ccccc21. The number of halogens is 1. The fourth-order valence-corrected chi connectivity index (χ4v) is 2.86. The number of benzene rings is 2. The van der Waals surface area contributed by atoms with Gasteiger partial charge in [0.05, 0.1) is 15.5 Å². The first-order valence-electron chi connectivity index (χ1n) is 7.12. The molecule has 0 saturated carbocycles. The number of anilines is 1. The molecule has 1 aliphatic heterocycles. The molecule has 0 spiro atoms. The van der Waals surface area contributed by atoms with Gasteiger partial charge >= 0.3 is 0 Å². The number of carbonyl (C=O) groups excluding carboxylic acids is 1. The highest BCUT2D eigenvalue weighted by molar-refractivity contribution is 6.34. The lowest BCUT2D eigenvalue weighted by Gasteiger charge is -2.23. The number of nitro groups is 1. The van der Waals surface area contributed by atoms with Crippen LogP contribution in [0.25, 0.3) is 0 Å². The maximum absolute atomic E-state index is 12.9. The van der Waals surface area contributed by atoms with E-state index in [2.05, 4.69) is 5.32 Å². The number of hydrogen-bond donors (Lipinski definition) is 1. The van der Waals surface area contributed by atoms with Gasteiger partial charge in [-0.1, -0.05) is 29.8 Å². The number of rotatable bonds is 2. The van der Waals surface area contributed by atoms with Crippen LogP contribution in [-0.2, 0) is 6.54 Å². The first kappa shape index (κ1) is 15.5. The van der Waals surface area contributed by atoms with Crippen LogP contribution in [0.1, 0.15) is 15.9 Å². The number of para-hydroxylation sites is 1. The average molecular weight is 332 g/mol. The van der Waals surface area contributed by atoms with Gasteiger partial charge in [0.15, 0.2) is 0 Å². The van der Waals surface area contributed by atoms with E-state index in [9.17, 15) is 14.9 Å². The van der Waals surface area contributed by atoms with Crippen LogP contribution in [-0.4, -0.2) is 23.9 Å². The molecule has 1 aliphatic rings. The molecule has 0 bridgehead atoms. The van der Waals surface area contributed by atoms with Gasteiger partial charge in [-0.3, -0.25) is 14.9 Å². The van der Waals surface area contributed by atoms with Crippen LogP contribution in [0.2, 0.25) is 5.02 Å². The molecule has 0 unspecified atom stereocenters. The van der Waals surface area contributed by atoms with Gasteiger partial charge in [-0.25, -0.2) is 0 Å². The molecular weight excluding hydrogens is 318 g/mol. The molecule has 1 N–H and O–H groups in total. The van der Waals surface area contributed by atoms with Gasteiger partial charge in [0.25, 0.3) is 11.6 Å². The summed E-state index contributed by atoms with van der Waals surface area (Å²) in [6.45, 7) is 1.85. The Bertz CT molecular complexity index is 779. The summed E-state index contributed by atoms with van der Waals surface area (Å²) >= 11 is 6.09. The Morgan fingerprint density at radius 1 is 1.26 bits per heavy atom. The minimum absolute atomic E-state index is 0.0823. The van der Waals surface area contributed by atoms with Gasteiger partial charge in [-0.05, 0) is 17.7 Å². The molecule has 0 fully saturated rings. The molecule has 0 radical (unpaired) electrons. The average Bonchev–Trinajstić information content (AvgIpc) is 2.76. The third kappa shape index (κ3) is 3.04. The van der Waals surface area contributed by atoms with E-state index in [4.69, 9.17) is 11.6 Å². The topological polar surface area (TPSA) is 75.5 Å². The maximum Gasteiger partial charge on any atom is 0.270 e. The van der Waals surface area contributed by atoms with Crippen LogP contribution in [0, 0.1) is 10.1 Å². The van der Waals surface area contributed by atoms with Crippen molar-refractivity contribution >= 4 is 28.9 Å². The van der Waals surface area contributed by atoms with E-state index in [1.54, 1.807) is 4.90 Å². The lowest BCUT2D eigenvalue weighted by Crippen LogP contribution is -2.34. The zero-order chi connectivity index (χ0) is 16.4.